The van der Waals surface area contributed by atoms with Gasteiger partial charge in [-0.05, 0) is 30.9 Å². The van der Waals surface area contributed by atoms with E-state index < -0.39 is 0 Å². The van der Waals surface area contributed by atoms with Gasteiger partial charge in [-0.2, -0.15) is 4.99 Å². The first-order chi connectivity index (χ1) is 10.7. The minimum absolute atomic E-state index is 0.0168. The second-order valence-corrected chi connectivity index (χ2v) is 6.05. The van der Waals surface area contributed by atoms with Gasteiger partial charge in [-0.15, -0.1) is 11.3 Å². The molecule has 1 aliphatic carbocycles. The highest BCUT2D eigenvalue weighted by molar-refractivity contribution is 7.13. The van der Waals surface area contributed by atoms with Crippen molar-refractivity contribution in [2.45, 2.75) is 12.8 Å². The Balaban J connectivity index is 1.68. The molecule has 5 N–H and O–H groups in total. The van der Waals surface area contributed by atoms with Crippen molar-refractivity contribution in [2.24, 2.45) is 27.4 Å². The van der Waals surface area contributed by atoms with Crippen molar-refractivity contribution in [1.29, 1.82) is 0 Å². The topological polar surface area (TPSA) is 102 Å². The predicted octanol–water partition coefficient (Wildman–Crippen LogP) is 2.57. The molecular weight excluding hydrogens is 296 g/mol. The summed E-state index contributed by atoms with van der Waals surface area (Å²) in [7, 11) is 0. The maximum absolute atomic E-state index is 5.36. The van der Waals surface area contributed by atoms with Gasteiger partial charge in [0.1, 0.15) is 0 Å². The average molecular weight is 314 g/mol. The number of benzene rings is 1. The lowest BCUT2D eigenvalue weighted by atomic mass is 10.1. The number of rotatable bonds is 6. The summed E-state index contributed by atoms with van der Waals surface area (Å²) in [5.41, 5.74) is 13.6. The first-order valence-electron chi connectivity index (χ1n) is 7.11. The van der Waals surface area contributed by atoms with Crippen molar-refractivity contribution in [3.05, 3.63) is 29.6 Å². The van der Waals surface area contributed by atoms with E-state index in [9.17, 15) is 0 Å². The number of hydrogen-bond acceptors (Lipinski definition) is 4. The number of nitrogens with zero attached hydrogens (tertiary/aromatic N) is 3. The first kappa shape index (κ1) is 14.5. The van der Waals surface area contributed by atoms with E-state index in [1.165, 1.54) is 24.2 Å². The molecule has 114 valence electrons. The molecule has 0 radical (unpaired) electrons. The van der Waals surface area contributed by atoms with Crippen LogP contribution in [-0.2, 0) is 0 Å². The Labute approximate surface area is 133 Å². The van der Waals surface area contributed by atoms with Crippen molar-refractivity contribution >= 4 is 34.5 Å². The summed E-state index contributed by atoms with van der Waals surface area (Å²) in [6.45, 7) is 0.917. The van der Waals surface area contributed by atoms with E-state index >= 15 is 0 Å². The van der Waals surface area contributed by atoms with Crippen LogP contribution in [0.3, 0.4) is 0 Å². The monoisotopic (exact) mass is 314 g/mol. The molecule has 1 aromatic heterocycles. The van der Waals surface area contributed by atoms with Gasteiger partial charge in [-0.3, -0.25) is 4.99 Å². The fourth-order valence-electron chi connectivity index (χ4n) is 1.95. The summed E-state index contributed by atoms with van der Waals surface area (Å²) < 4.78 is 0. The van der Waals surface area contributed by atoms with Crippen molar-refractivity contribution in [3.8, 4) is 11.3 Å². The van der Waals surface area contributed by atoms with Crippen LogP contribution in [0, 0.1) is 5.92 Å². The molecule has 1 aromatic carbocycles. The molecule has 3 rings (SSSR count). The van der Waals surface area contributed by atoms with Gasteiger partial charge in [0.2, 0.25) is 5.13 Å². The van der Waals surface area contributed by atoms with Crippen LogP contribution in [0.2, 0.25) is 0 Å². The van der Waals surface area contributed by atoms with Gasteiger partial charge in [0.25, 0.3) is 0 Å². The number of guanidine groups is 1. The Bertz CT molecular complexity index is 698. The zero-order chi connectivity index (χ0) is 15.4. The van der Waals surface area contributed by atoms with Crippen LogP contribution in [0.5, 0.6) is 0 Å². The molecule has 0 unspecified atom stereocenters. The van der Waals surface area contributed by atoms with Crippen LogP contribution in [-0.4, -0.2) is 23.8 Å². The maximum atomic E-state index is 5.36. The summed E-state index contributed by atoms with van der Waals surface area (Å²) in [5, 5.41) is 5.68. The van der Waals surface area contributed by atoms with Crippen LogP contribution in [0.25, 0.3) is 11.3 Å². The van der Waals surface area contributed by atoms with Crippen LogP contribution in [0.15, 0.2) is 39.6 Å². The van der Waals surface area contributed by atoms with Crippen LogP contribution in [0.4, 0.5) is 10.8 Å². The number of aromatic nitrogens is 1. The minimum atomic E-state index is 0.0168. The van der Waals surface area contributed by atoms with Crippen LogP contribution in [0.1, 0.15) is 12.8 Å². The fourth-order valence-corrected chi connectivity index (χ4v) is 2.66. The van der Waals surface area contributed by atoms with Crippen LogP contribution >= 0.6 is 11.3 Å². The maximum Gasteiger partial charge on any atom is 0.212 e. The standard InChI is InChI=1S/C15H18N6S/c16-14(17)21-15-20-13(8-22-15)11-2-1-3-12(6-11)19-9-18-7-10-4-5-10/h1-3,6,8-10H,4-5,7H2,(H,18,19)(H4,16,17,20,21). The van der Waals surface area contributed by atoms with Crippen LogP contribution < -0.4 is 16.8 Å². The van der Waals surface area contributed by atoms with E-state index in [1.54, 1.807) is 6.34 Å². The Morgan fingerprint density at radius 3 is 3.05 bits per heavy atom. The van der Waals surface area contributed by atoms with E-state index in [4.69, 9.17) is 11.5 Å². The van der Waals surface area contributed by atoms with E-state index in [0.29, 0.717) is 5.13 Å². The molecule has 1 fully saturated rings. The number of aliphatic imine (C=N–C) groups is 2. The highest BCUT2D eigenvalue weighted by atomic mass is 32.1. The molecule has 2 aromatic rings. The molecule has 1 aliphatic rings. The van der Waals surface area contributed by atoms with E-state index in [-0.39, 0.29) is 5.96 Å². The Hall–Kier alpha value is -2.41. The van der Waals surface area contributed by atoms with Gasteiger partial charge < -0.3 is 16.8 Å². The van der Waals surface area contributed by atoms with Crippen molar-refractivity contribution < 1.29 is 0 Å². The largest absolute Gasteiger partial charge is 0.370 e. The average Bonchev–Trinajstić information content (AvgIpc) is 3.21. The number of nitrogens with two attached hydrogens (primary N) is 2. The molecular formula is C15H18N6S. The molecule has 1 heterocycles. The zero-order valence-electron chi connectivity index (χ0n) is 12.1. The quantitative estimate of drug-likeness (QED) is 0.563. The molecule has 0 saturated heterocycles. The van der Waals surface area contributed by atoms with Crippen molar-refractivity contribution in [2.75, 3.05) is 11.9 Å². The molecule has 0 amide bonds. The molecule has 0 bridgehead atoms. The third-order valence-electron chi connectivity index (χ3n) is 3.26. The molecule has 0 spiro atoms. The molecule has 1 saturated carbocycles. The number of hydrogen-bond donors (Lipinski definition) is 3. The van der Waals surface area contributed by atoms with Crippen molar-refractivity contribution in [3.63, 3.8) is 0 Å². The lowest BCUT2D eigenvalue weighted by Gasteiger charge is -2.02. The van der Waals surface area contributed by atoms with E-state index in [0.717, 1.165) is 29.4 Å². The van der Waals surface area contributed by atoms with E-state index in [2.05, 4.69) is 20.3 Å². The van der Waals surface area contributed by atoms with Gasteiger partial charge in [0, 0.05) is 23.2 Å². The SMILES string of the molecule is NC(N)=Nc1nc(-c2cccc(NC=NCC3CC3)c2)cs1. The molecule has 6 nitrogen and oxygen atoms in total. The molecule has 7 heteroatoms. The second-order valence-electron chi connectivity index (χ2n) is 5.21. The third-order valence-corrected chi connectivity index (χ3v) is 3.99. The van der Waals surface area contributed by atoms with Gasteiger partial charge in [-0.1, -0.05) is 12.1 Å². The number of thiazole rings is 1. The third kappa shape index (κ3) is 4.05. The molecule has 0 atom stereocenters. The smallest absolute Gasteiger partial charge is 0.212 e. The van der Waals surface area contributed by atoms with Gasteiger partial charge >= 0.3 is 0 Å². The molecule has 22 heavy (non-hydrogen) atoms. The lowest BCUT2D eigenvalue weighted by molar-refractivity contribution is 0.851. The normalized spacial score (nSPS) is 14.2. The Kier molecular flexibility index (Phi) is 4.34. The van der Waals surface area contributed by atoms with Gasteiger partial charge in [-0.25, -0.2) is 4.98 Å². The predicted molar refractivity (Wildman–Crippen MR) is 92.7 cm³/mol. The summed E-state index contributed by atoms with van der Waals surface area (Å²) in [6, 6.07) is 8.00. The van der Waals surface area contributed by atoms with Gasteiger partial charge in [0.15, 0.2) is 5.96 Å². The van der Waals surface area contributed by atoms with E-state index in [1.807, 2.05) is 29.6 Å². The number of anilines is 1. The van der Waals surface area contributed by atoms with Crippen molar-refractivity contribution in [1.82, 2.24) is 4.98 Å². The zero-order valence-corrected chi connectivity index (χ0v) is 12.9. The summed E-state index contributed by atoms with van der Waals surface area (Å²) in [4.78, 5) is 12.7. The first-order valence-corrected chi connectivity index (χ1v) is 7.99. The highest BCUT2D eigenvalue weighted by Gasteiger charge is 2.19. The number of nitrogens with one attached hydrogen (secondary N) is 1. The Morgan fingerprint density at radius 1 is 1.41 bits per heavy atom. The second kappa shape index (κ2) is 6.57. The highest BCUT2D eigenvalue weighted by Crippen LogP contribution is 2.29. The summed E-state index contributed by atoms with van der Waals surface area (Å²) >= 11 is 1.40. The lowest BCUT2D eigenvalue weighted by Crippen LogP contribution is -2.21. The fraction of sp³-hybridized carbons (Fsp3) is 0.267. The van der Waals surface area contributed by atoms with Gasteiger partial charge in [0.05, 0.1) is 12.0 Å². The summed E-state index contributed by atoms with van der Waals surface area (Å²) in [6.07, 6.45) is 4.40. The minimum Gasteiger partial charge on any atom is -0.370 e. The Morgan fingerprint density at radius 2 is 2.27 bits per heavy atom. The molecule has 0 aliphatic heterocycles. The summed E-state index contributed by atoms with van der Waals surface area (Å²) in [5.74, 6) is 0.816.